The van der Waals surface area contributed by atoms with Crippen LogP contribution in [0.4, 0.5) is 5.13 Å². The van der Waals surface area contributed by atoms with Gasteiger partial charge in [0.15, 0.2) is 0 Å². The van der Waals surface area contributed by atoms with Crippen LogP contribution in [-0.4, -0.2) is 28.7 Å². The summed E-state index contributed by atoms with van der Waals surface area (Å²) in [6.45, 7) is 3.87. The van der Waals surface area contributed by atoms with Crippen LogP contribution in [0.25, 0.3) is 0 Å². The molecule has 110 valence electrons. The van der Waals surface area contributed by atoms with Gasteiger partial charge in [0.05, 0.1) is 6.61 Å². The van der Waals surface area contributed by atoms with E-state index in [4.69, 9.17) is 5.11 Å². The lowest BCUT2D eigenvalue weighted by atomic mass is 10.1. The molecule has 2 rings (SSSR count). The summed E-state index contributed by atoms with van der Waals surface area (Å²) in [6, 6.07) is 1.37. The smallest absolute Gasteiger partial charge is 0.265 e. The summed E-state index contributed by atoms with van der Waals surface area (Å²) < 4.78 is 26.6. The van der Waals surface area contributed by atoms with Gasteiger partial charge < -0.3 is 10.1 Å². The minimum Gasteiger partial charge on any atom is -0.390 e. The van der Waals surface area contributed by atoms with E-state index in [9.17, 15) is 8.42 Å². The summed E-state index contributed by atoms with van der Waals surface area (Å²) >= 11 is 1.22. The van der Waals surface area contributed by atoms with Gasteiger partial charge in [0.2, 0.25) is 5.13 Å². The van der Waals surface area contributed by atoms with Crippen molar-refractivity contribution >= 4 is 26.5 Å². The molecule has 9 heteroatoms. The van der Waals surface area contributed by atoms with Crippen molar-refractivity contribution in [1.82, 2.24) is 15.2 Å². The Labute approximate surface area is 121 Å². The van der Waals surface area contributed by atoms with E-state index in [1.54, 1.807) is 0 Å². The summed E-state index contributed by atoms with van der Waals surface area (Å²) in [5, 5.41) is 17.7. The largest absolute Gasteiger partial charge is 0.390 e. The molecule has 0 atom stereocenters. The molecule has 3 N–H and O–H groups in total. The van der Waals surface area contributed by atoms with E-state index in [1.807, 2.05) is 0 Å². The molecule has 2 aromatic rings. The van der Waals surface area contributed by atoms with Crippen LogP contribution < -0.4 is 4.72 Å². The number of aromatic nitrogens is 3. The van der Waals surface area contributed by atoms with Crippen LogP contribution >= 0.6 is 11.3 Å². The fraction of sp³-hybridized carbons (Fsp3) is 0.455. The van der Waals surface area contributed by atoms with Crippen molar-refractivity contribution in [2.75, 3.05) is 4.72 Å². The second-order valence-corrected chi connectivity index (χ2v) is 7.47. The van der Waals surface area contributed by atoms with Crippen LogP contribution in [0, 0.1) is 5.92 Å². The molecule has 0 amide bonds. The first-order valence-electron chi connectivity index (χ1n) is 6.04. The lowest BCUT2D eigenvalue weighted by Gasteiger charge is -2.01. The lowest BCUT2D eigenvalue weighted by Crippen LogP contribution is -2.11. The first kappa shape index (κ1) is 14.9. The third-order valence-electron chi connectivity index (χ3n) is 2.47. The highest BCUT2D eigenvalue weighted by atomic mass is 32.2. The van der Waals surface area contributed by atoms with Gasteiger partial charge in [-0.25, -0.2) is 8.42 Å². The Hall–Kier alpha value is -1.45. The van der Waals surface area contributed by atoms with E-state index in [-0.39, 0.29) is 16.6 Å². The van der Waals surface area contributed by atoms with Gasteiger partial charge in [-0.3, -0.25) is 4.72 Å². The van der Waals surface area contributed by atoms with Crippen LogP contribution in [0.2, 0.25) is 0 Å². The molecular formula is C11H16N4O3S2. The number of hydrogen-bond donors (Lipinski definition) is 3. The fourth-order valence-corrected chi connectivity index (χ4v) is 3.76. The highest BCUT2D eigenvalue weighted by molar-refractivity contribution is 7.93. The molecule has 2 aromatic heterocycles. The van der Waals surface area contributed by atoms with Gasteiger partial charge in [0, 0.05) is 18.3 Å². The maximum atomic E-state index is 12.1. The number of aliphatic hydroxyl groups excluding tert-OH is 1. The quantitative estimate of drug-likeness (QED) is 0.745. The maximum absolute atomic E-state index is 12.1. The van der Waals surface area contributed by atoms with E-state index in [0.717, 1.165) is 11.4 Å². The second kappa shape index (κ2) is 5.90. The molecule has 7 nitrogen and oxygen atoms in total. The number of hydrogen-bond acceptors (Lipinski definition) is 6. The van der Waals surface area contributed by atoms with E-state index in [2.05, 4.69) is 33.8 Å². The first-order chi connectivity index (χ1) is 9.40. The zero-order chi connectivity index (χ0) is 14.8. The van der Waals surface area contributed by atoms with Gasteiger partial charge in [-0.1, -0.05) is 25.2 Å². The molecule has 0 aliphatic carbocycles. The lowest BCUT2D eigenvalue weighted by molar-refractivity contribution is 0.277. The van der Waals surface area contributed by atoms with Crippen molar-refractivity contribution in [3.8, 4) is 0 Å². The number of nitrogens with one attached hydrogen (secondary N) is 2. The van der Waals surface area contributed by atoms with Crippen molar-refractivity contribution in [3.05, 3.63) is 23.0 Å². The summed E-state index contributed by atoms with van der Waals surface area (Å²) in [5.41, 5.74) is 0.433. The highest BCUT2D eigenvalue weighted by Gasteiger charge is 2.18. The molecular weight excluding hydrogens is 300 g/mol. The Bertz CT molecular complexity index is 675. The van der Waals surface area contributed by atoms with Crippen molar-refractivity contribution in [1.29, 1.82) is 0 Å². The molecule has 0 aliphatic heterocycles. The third kappa shape index (κ3) is 3.56. The number of aliphatic hydroxyl groups is 1. The number of H-pyrrole nitrogens is 1. The average molecular weight is 316 g/mol. The molecule has 0 aliphatic rings. The summed E-state index contributed by atoms with van der Waals surface area (Å²) in [7, 11) is -3.70. The van der Waals surface area contributed by atoms with Gasteiger partial charge in [0.25, 0.3) is 10.0 Å². The third-order valence-corrected chi connectivity index (χ3v) is 4.78. The first-order valence-corrected chi connectivity index (χ1v) is 8.34. The minimum absolute atomic E-state index is 0.0576. The van der Waals surface area contributed by atoms with E-state index in [0.29, 0.717) is 11.6 Å². The molecule has 0 radical (unpaired) electrons. The Morgan fingerprint density at radius 2 is 2.20 bits per heavy atom. The van der Waals surface area contributed by atoms with Gasteiger partial charge in [-0.15, -0.1) is 10.2 Å². The Morgan fingerprint density at radius 1 is 1.45 bits per heavy atom. The monoisotopic (exact) mass is 316 g/mol. The molecule has 0 fully saturated rings. The van der Waals surface area contributed by atoms with Crippen molar-refractivity contribution < 1.29 is 13.5 Å². The van der Waals surface area contributed by atoms with Crippen molar-refractivity contribution in [3.63, 3.8) is 0 Å². The summed E-state index contributed by atoms with van der Waals surface area (Å²) in [4.78, 5) is 2.73. The number of aromatic amines is 1. The molecule has 0 spiro atoms. The second-order valence-electron chi connectivity index (χ2n) is 4.72. The predicted octanol–water partition coefficient (Wildman–Crippen LogP) is 1.36. The van der Waals surface area contributed by atoms with Crippen LogP contribution in [0.5, 0.6) is 0 Å². The van der Waals surface area contributed by atoms with Crippen molar-refractivity contribution in [2.24, 2.45) is 5.92 Å². The number of rotatable bonds is 6. The Balaban J connectivity index is 2.13. The maximum Gasteiger partial charge on any atom is 0.265 e. The van der Waals surface area contributed by atoms with E-state index in [1.165, 1.54) is 23.6 Å². The number of nitrogens with zero attached hydrogens (tertiary/aromatic N) is 2. The predicted molar refractivity (Wildman–Crippen MR) is 76.0 cm³/mol. The van der Waals surface area contributed by atoms with Gasteiger partial charge in [-0.2, -0.15) is 0 Å². The standard InChI is InChI=1S/C11H16N4O3S2/c1-7(2)3-10-13-14-11(19-10)15-20(17,18)9-4-8(6-16)12-5-9/h4-5,7,12,16H,3,6H2,1-2H3,(H,14,15). The summed E-state index contributed by atoms with van der Waals surface area (Å²) in [6.07, 6.45) is 2.09. The topological polar surface area (TPSA) is 108 Å². The van der Waals surface area contributed by atoms with Gasteiger partial charge in [0.1, 0.15) is 9.90 Å². The molecule has 0 saturated heterocycles. The van der Waals surface area contributed by atoms with Gasteiger partial charge in [-0.05, 0) is 12.0 Å². The molecule has 0 aromatic carbocycles. The van der Waals surface area contributed by atoms with E-state index < -0.39 is 10.0 Å². The molecule has 0 unspecified atom stereocenters. The fourth-order valence-electron chi connectivity index (χ4n) is 1.57. The van der Waals surface area contributed by atoms with Gasteiger partial charge >= 0.3 is 0 Å². The number of sulfonamides is 1. The molecule has 20 heavy (non-hydrogen) atoms. The van der Waals surface area contributed by atoms with Crippen LogP contribution in [0.1, 0.15) is 24.5 Å². The van der Waals surface area contributed by atoms with Crippen LogP contribution in [-0.2, 0) is 23.1 Å². The van der Waals surface area contributed by atoms with E-state index >= 15 is 0 Å². The normalized spacial score (nSPS) is 12.0. The zero-order valence-corrected chi connectivity index (χ0v) is 12.8. The number of anilines is 1. The molecule has 0 bridgehead atoms. The SMILES string of the molecule is CC(C)Cc1nnc(NS(=O)(=O)c2c[nH]c(CO)c2)s1. The minimum atomic E-state index is -3.70. The average Bonchev–Trinajstić information content (AvgIpc) is 2.97. The van der Waals surface area contributed by atoms with Crippen LogP contribution in [0.15, 0.2) is 17.2 Å². The zero-order valence-electron chi connectivity index (χ0n) is 11.1. The Morgan fingerprint density at radius 3 is 2.80 bits per heavy atom. The Kier molecular flexibility index (Phi) is 4.41. The molecule has 2 heterocycles. The summed E-state index contributed by atoms with van der Waals surface area (Å²) in [5.74, 6) is 0.434. The highest BCUT2D eigenvalue weighted by Crippen LogP contribution is 2.22. The van der Waals surface area contributed by atoms with Crippen molar-refractivity contribution in [2.45, 2.75) is 31.8 Å². The molecule has 0 saturated carbocycles. The van der Waals surface area contributed by atoms with Crippen LogP contribution in [0.3, 0.4) is 0 Å².